The first-order chi connectivity index (χ1) is 8.13. The summed E-state index contributed by atoms with van der Waals surface area (Å²) in [7, 11) is 2.08. The lowest BCUT2D eigenvalue weighted by molar-refractivity contribution is -0.643. The third kappa shape index (κ3) is 1.81. The van der Waals surface area contributed by atoms with Crippen molar-refractivity contribution < 1.29 is 4.85 Å². The first-order valence-electron chi connectivity index (χ1n) is 5.41. The summed E-state index contributed by atoms with van der Waals surface area (Å²) >= 11 is 5.68. The van der Waals surface area contributed by atoms with Crippen molar-refractivity contribution in [2.75, 3.05) is 13.6 Å². The van der Waals surface area contributed by atoms with Gasteiger partial charge in [0.05, 0.1) is 0 Å². The highest BCUT2D eigenvalue weighted by atomic mass is 35.5. The van der Waals surface area contributed by atoms with Crippen molar-refractivity contribution in [3.8, 4) is 0 Å². The van der Waals surface area contributed by atoms with Crippen LogP contribution in [0.1, 0.15) is 11.1 Å². The molecule has 0 saturated heterocycles. The number of hydrogen-bond acceptors (Lipinski definition) is 4. The maximum absolute atomic E-state index is 11.6. The number of likely N-dealkylation sites (N-methyl/N-ethyl adjacent to an activating group) is 1. The van der Waals surface area contributed by atoms with Crippen LogP contribution in [0, 0.1) is 5.21 Å². The van der Waals surface area contributed by atoms with E-state index in [0.29, 0.717) is 15.9 Å². The highest BCUT2D eigenvalue weighted by Crippen LogP contribution is 2.22. The van der Waals surface area contributed by atoms with Crippen LogP contribution in [0.15, 0.2) is 12.1 Å². The molecule has 0 saturated carbocycles. The molecule has 17 heavy (non-hydrogen) atoms. The Morgan fingerprint density at radius 3 is 3.06 bits per heavy atom. The predicted molar refractivity (Wildman–Crippen MR) is 63.5 cm³/mol. The van der Waals surface area contributed by atoms with Gasteiger partial charge in [0.1, 0.15) is 5.52 Å². The molecule has 0 amide bonds. The lowest BCUT2D eigenvalue weighted by Gasteiger charge is -2.24. The van der Waals surface area contributed by atoms with Gasteiger partial charge in [0.25, 0.3) is 10.8 Å². The van der Waals surface area contributed by atoms with Crippen molar-refractivity contribution in [2.45, 2.75) is 13.0 Å². The fraction of sp³-hybridized carbons (Fsp3) is 0.364. The fourth-order valence-electron chi connectivity index (χ4n) is 2.22. The minimum absolute atomic E-state index is 0.0170. The van der Waals surface area contributed by atoms with E-state index in [0.717, 1.165) is 19.5 Å². The molecule has 0 aliphatic carbocycles. The third-order valence-electron chi connectivity index (χ3n) is 3.09. The molecule has 0 fully saturated rings. The topological polar surface area (TPSA) is 56.0 Å². The molecule has 6 heteroatoms. The Morgan fingerprint density at radius 1 is 1.41 bits per heavy atom. The molecule has 5 nitrogen and oxygen atoms in total. The normalized spacial score (nSPS) is 16.1. The van der Waals surface area contributed by atoms with Gasteiger partial charge in [0, 0.05) is 24.3 Å². The lowest BCUT2D eigenvalue weighted by atomic mass is 9.99. The summed E-state index contributed by atoms with van der Waals surface area (Å²) in [5.74, 6) is 0. The molecule has 2 aromatic rings. The largest absolute Gasteiger partial charge is 0.594 e. The van der Waals surface area contributed by atoms with E-state index in [1.54, 1.807) is 0 Å². The van der Waals surface area contributed by atoms with Crippen molar-refractivity contribution in [2.24, 2.45) is 0 Å². The zero-order chi connectivity index (χ0) is 12.0. The van der Waals surface area contributed by atoms with Gasteiger partial charge in [-0.15, -0.1) is 0 Å². The third-order valence-corrected chi connectivity index (χ3v) is 3.25. The molecule has 88 valence electrons. The zero-order valence-corrected chi connectivity index (χ0v) is 10.1. The molecular weight excluding hydrogens is 240 g/mol. The molecule has 1 aliphatic rings. The Hall–Kier alpha value is -1.46. The predicted octanol–water partition coefficient (Wildman–Crippen LogP) is 0.904. The second-order valence-corrected chi connectivity index (χ2v) is 4.69. The van der Waals surface area contributed by atoms with Crippen molar-refractivity contribution >= 4 is 22.6 Å². The van der Waals surface area contributed by atoms with Crippen molar-refractivity contribution in [3.05, 3.63) is 33.8 Å². The summed E-state index contributed by atoms with van der Waals surface area (Å²) in [4.78, 5) is 6.87. The lowest BCUT2D eigenvalue weighted by Crippen LogP contribution is -2.33. The molecule has 1 aliphatic heterocycles. The van der Waals surface area contributed by atoms with Gasteiger partial charge < -0.3 is 10.1 Å². The number of aromatic nitrogens is 3. The average Bonchev–Trinajstić information content (AvgIpc) is 2.26. The Morgan fingerprint density at radius 2 is 2.24 bits per heavy atom. The minimum atomic E-state index is -0.0170. The molecule has 0 radical (unpaired) electrons. The Labute approximate surface area is 103 Å². The molecule has 2 heterocycles. The molecule has 0 atom stereocenters. The maximum Gasteiger partial charge on any atom is 0.290 e. The quantitative estimate of drug-likeness (QED) is 0.515. The molecule has 3 rings (SSSR count). The van der Waals surface area contributed by atoms with E-state index in [-0.39, 0.29) is 5.28 Å². The summed E-state index contributed by atoms with van der Waals surface area (Å²) in [5, 5.41) is 15.2. The van der Waals surface area contributed by atoms with Crippen molar-refractivity contribution in [1.82, 2.24) is 15.0 Å². The summed E-state index contributed by atoms with van der Waals surface area (Å²) in [6.45, 7) is 1.89. The van der Waals surface area contributed by atoms with E-state index < -0.39 is 0 Å². The highest BCUT2D eigenvalue weighted by Gasteiger charge is 2.18. The van der Waals surface area contributed by atoms with E-state index in [4.69, 9.17) is 11.6 Å². The summed E-state index contributed by atoms with van der Waals surface area (Å²) in [5.41, 5.74) is 3.50. The highest BCUT2D eigenvalue weighted by molar-refractivity contribution is 6.28. The van der Waals surface area contributed by atoms with E-state index in [2.05, 4.69) is 22.0 Å². The minimum Gasteiger partial charge on any atom is -0.594 e. The Kier molecular flexibility index (Phi) is 2.38. The van der Waals surface area contributed by atoms with E-state index >= 15 is 0 Å². The van der Waals surface area contributed by atoms with Crippen LogP contribution in [-0.2, 0) is 13.0 Å². The van der Waals surface area contributed by atoms with Crippen LogP contribution in [0.5, 0.6) is 0 Å². The number of fused-ring (bicyclic) bond motifs is 2. The van der Waals surface area contributed by atoms with Gasteiger partial charge in [-0.05, 0) is 47.1 Å². The van der Waals surface area contributed by atoms with Crippen LogP contribution in [-0.4, -0.2) is 28.6 Å². The van der Waals surface area contributed by atoms with Crippen LogP contribution in [0.4, 0.5) is 0 Å². The summed E-state index contributed by atoms with van der Waals surface area (Å²) < 4.78 is 0. The molecule has 0 N–H and O–H groups in total. The van der Waals surface area contributed by atoms with E-state index in [9.17, 15) is 5.21 Å². The SMILES string of the molecule is CN1CCc2cc3c(cc2C1)nc(Cl)n[n+]3[O-]. The number of halogens is 1. The van der Waals surface area contributed by atoms with Gasteiger partial charge in [-0.25, -0.2) is 4.98 Å². The standard InChI is InChI=1S/C11H11ClN4O/c1-15-3-2-7-5-10-9(4-8(7)6-15)13-11(12)14-16(10)17/h4-5H,2-3,6H2,1H3. The Balaban J connectivity index is 2.25. The second kappa shape index (κ2) is 3.78. The van der Waals surface area contributed by atoms with Crippen LogP contribution < -0.4 is 4.85 Å². The summed E-state index contributed by atoms with van der Waals surface area (Å²) in [6.07, 6.45) is 0.949. The van der Waals surface area contributed by atoms with Gasteiger partial charge >= 0.3 is 0 Å². The van der Waals surface area contributed by atoms with Gasteiger partial charge in [0.2, 0.25) is 0 Å². The number of benzene rings is 1. The van der Waals surface area contributed by atoms with Gasteiger partial charge in [-0.3, -0.25) is 0 Å². The molecule has 1 aromatic carbocycles. The summed E-state index contributed by atoms with van der Waals surface area (Å²) in [6, 6.07) is 3.81. The van der Waals surface area contributed by atoms with Crippen LogP contribution in [0.2, 0.25) is 5.28 Å². The van der Waals surface area contributed by atoms with Crippen LogP contribution in [0.25, 0.3) is 11.0 Å². The first-order valence-corrected chi connectivity index (χ1v) is 5.79. The number of rotatable bonds is 0. The maximum atomic E-state index is 11.6. The first kappa shape index (κ1) is 10.7. The smallest absolute Gasteiger partial charge is 0.290 e. The second-order valence-electron chi connectivity index (χ2n) is 4.35. The van der Waals surface area contributed by atoms with Gasteiger partial charge in [-0.2, -0.15) is 0 Å². The van der Waals surface area contributed by atoms with E-state index in [1.807, 2.05) is 12.1 Å². The van der Waals surface area contributed by atoms with Crippen molar-refractivity contribution in [3.63, 3.8) is 0 Å². The van der Waals surface area contributed by atoms with Crippen LogP contribution in [0.3, 0.4) is 0 Å². The van der Waals surface area contributed by atoms with Crippen molar-refractivity contribution in [1.29, 1.82) is 0 Å². The van der Waals surface area contributed by atoms with E-state index in [1.165, 1.54) is 11.1 Å². The Bertz CT molecular complexity index is 602. The molecule has 0 unspecified atom stereocenters. The van der Waals surface area contributed by atoms with Gasteiger partial charge in [-0.1, -0.05) is 0 Å². The molecular formula is C11H11ClN4O. The zero-order valence-electron chi connectivity index (χ0n) is 9.35. The monoisotopic (exact) mass is 250 g/mol. The number of nitrogens with zero attached hydrogens (tertiary/aromatic N) is 4. The molecule has 0 spiro atoms. The fourth-order valence-corrected chi connectivity index (χ4v) is 2.38. The number of hydrogen-bond donors (Lipinski definition) is 0. The average molecular weight is 251 g/mol. The van der Waals surface area contributed by atoms with Crippen LogP contribution >= 0.6 is 11.6 Å². The molecule has 1 aromatic heterocycles. The van der Waals surface area contributed by atoms with Gasteiger partial charge in [0.15, 0.2) is 0 Å². The molecule has 0 bridgehead atoms.